The van der Waals surface area contributed by atoms with E-state index in [9.17, 15) is 18.8 Å². The number of anilines is 1. The number of hydrogen-bond acceptors (Lipinski definition) is 6. The van der Waals surface area contributed by atoms with Crippen molar-refractivity contribution in [1.82, 2.24) is 5.32 Å². The number of carbonyl (C=O) groups excluding carboxylic acids is 3. The van der Waals surface area contributed by atoms with Gasteiger partial charge < -0.3 is 4.74 Å². The Hall–Kier alpha value is -2.58. The van der Waals surface area contributed by atoms with E-state index in [1.165, 1.54) is 42.7 Å². The predicted molar refractivity (Wildman–Crippen MR) is 106 cm³/mol. The largest absolute Gasteiger partial charge is 0.468 e. The summed E-state index contributed by atoms with van der Waals surface area (Å²) >= 11 is 1.46. The van der Waals surface area contributed by atoms with E-state index in [0.717, 1.165) is 9.78 Å². The van der Waals surface area contributed by atoms with Crippen LogP contribution in [0.1, 0.15) is 30.7 Å². The van der Waals surface area contributed by atoms with Gasteiger partial charge in [0.2, 0.25) is 11.8 Å². The van der Waals surface area contributed by atoms with Crippen molar-refractivity contribution in [3.63, 3.8) is 0 Å². The number of ether oxygens (including phenoxy) is 1. The fourth-order valence-electron chi connectivity index (χ4n) is 4.66. The van der Waals surface area contributed by atoms with Crippen LogP contribution in [0.3, 0.4) is 0 Å². The number of carbonyl (C=O) groups is 3. The van der Waals surface area contributed by atoms with E-state index in [4.69, 9.17) is 4.74 Å². The molecule has 0 radical (unpaired) electrons. The van der Waals surface area contributed by atoms with Crippen LogP contribution in [-0.2, 0) is 19.1 Å². The van der Waals surface area contributed by atoms with E-state index < -0.39 is 41.1 Å². The summed E-state index contributed by atoms with van der Waals surface area (Å²) in [6.07, 6.45) is 0.986. The lowest BCUT2D eigenvalue weighted by molar-refractivity contribution is -0.152. The Morgan fingerprint density at radius 2 is 1.97 bits per heavy atom. The lowest BCUT2D eigenvalue weighted by Crippen LogP contribution is -2.56. The molecule has 1 N–H and O–H groups in total. The molecule has 2 aliphatic heterocycles. The van der Waals surface area contributed by atoms with Gasteiger partial charge >= 0.3 is 5.97 Å². The summed E-state index contributed by atoms with van der Waals surface area (Å²) in [5.41, 5.74) is -0.986. The van der Waals surface area contributed by atoms with Gasteiger partial charge in [-0.2, -0.15) is 0 Å². The van der Waals surface area contributed by atoms with E-state index in [1.807, 2.05) is 24.4 Å². The number of esters is 1. The molecular formula is C21H21FN2O4S. The molecule has 6 nitrogen and oxygen atoms in total. The molecule has 2 saturated heterocycles. The Morgan fingerprint density at radius 3 is 2.55 bits per heavy atom. The van der Waals surface area contributed by atoms with Crippen molar-refractivity contribution in [3.8, 4) is 0 Å². The summed E-state index contributed by atoms with van der Waals surface area (Å²) in [7, 11) is 1.29. The number of amides is 2. The van der Waals surface area contributed by atoms with E-state index in [0.29, 0.717) is 18.5 Å². The second kappa shape index (κ2) is 7.35. The molecule has 3 heterocycles. The summed E-state index contributed by atoms with van der Waals surface area (Å²) in [5, 5.41) is 5.20. The van der Waals surface area contributed by atoms with Gasteiger partial charge in [0, 0.05) is 4.88 Å². The Kier molecular flexibility index (Phi) is 5.00. The smallest absolute Gasteiger partial charge is 0.326 e. The van der Waals surface area contributed by atoms with Crippen LogP contribution >= 0.6 is 11.3 Å². The van der Waals surface area contributed by atoms with Crippen molar-refractivity contribution >= 4 is 34.8 Å². The molecule has 0 saturated carbocycles. The van der Waals surface area contributed by atoms with Gasteiger partial charge in [-0.25, -0.2) is 9.29 Å². The lowest BCUT2D eigenvalue weighted by Gasteiger charge is -2.32. The first kappa shape index (κ1) is 19.7. The number of hydrogen-bond donors (Lipinski definition) is 1. The highest BCUT2D eigenvalue weighted by Crippen LogP contribution is 2.52. The molecule has 8 heteroatoms. The van der Waals surface area contributed by atoms with Gasteiger partial charge in [0.1, 0.15) is 11.4 Å². The van der Waals surface area contributed by atoms with Crippen molar-refractivity contribution in [2.75, 3.05) is 12.0 Å². The fraction of sp³-hybridized carbons (Fsp3) is 0.381. The van der Waals surface area contributed by atoms with Gasteiger partial charge in [-0.05, 0) is 42.1 Å². The zero-order valence-electron chi connectivity index (χ0n) is 16.1. The van der Waals surface area contributed by atoms with Gasteiger partial charge in [0.25, 0.3) is 0 Å². The topological polar surface area (TPSA) is 75.7 Å². The van der Waals surface area contributed by atoms with E-state index in [2.05, 4.69) is 5.32 Å². The van der Waals surface area contributed by atoms with E-state index in [-0.39, 0.29) is 5.91 Å². The SMILES string of the molecule is CCC[C@]1(C(=O)OC)N[C@H](c2cccs2)[C@H]2C(=O)N(c3ccc(F)cc3)C(=O)[C@H]21. The second-order valence-electron chi connectivity index (χ2n) is 7.34. The Labute approximate surface area is 171 Å². The van der Waals surface area contributed by atoms with Crippen LogP contribution < -0.4 is 10.2 Å². The van der Waals surface area contributed by atoms with Crippen LogP contribution in [0.4, 0.5) is 10.1 Å². The molecule has 0 spiro atoms. The number of nitrogens with one attached hydrogen (secondary N) is 1. The second-order valence-corrected chi connectivity index (χ2v) is 8.32. The molecule has 0 unspecified atom stereocenters. The molecule has 1 aromatic carbocycles. The van der Waals surface area contributed by atoms with Crippen molar-refractivity contribution in [1.29, 1.82) is 0 Å². The first-order valence-corrected chi connectivity index (χ1v) is 10.4. The Balaban J connectivity index is 1.84. The van der Waals surface area contributed by atoms with Crippen molar-refractivity contribution in [2.24, 2.45) is 11.8 Å². The molecule has 2 aliphatic rings. The highest BCUT2D eigenvalue weighted by atomic mass is 32.1. The molecule has 4 rings (SSSR count). The maximum atomic E-state index is 13.5. The molecular weight excluding hydrogens is 395 g/mol. The summed E-state index contributed by atoms with van der Waals surface area (Å²) in [6.45, 7) is 1.92. The monoisotopic (exact) mass is 416 g/mol. The number of fused-ring (bicyclic) bond motifs is 1. The number of benzene rings is 1. The molecule has 152 valence electrons. The Morgan fingerprint density at radius 1 is 1.24 bits per heavy atom. The highest BCUT2D eigenvalue weighted by molar-refractivity contribution is 7.10. The maximum absolute atomic E-state index is 13.5. The number of rotatable bonds is 5. The summed E-state index contributed by atoms with van der Waals surface area (Å²) in [6, 6.07) is 8.49. The molecule has 2 fully saturated rings. The maximum Gasteiger partial charge on any atom is 0.326 e. The van der Waals surface area contributed by atoms with Crippen LogP contribution in [-0.4, -0.2) is 30.4 Å². The zero-order valence-corrected chi connectivity index (χ0v) is 16.9. The molecule has 29 heavy (non-hydrogen) atoms. The van der Waals surface area contributed by atoms with Gasteiger partial charge in [-0.3, -0.25) is 19.7 Å². The normalized spacial score (nSPS) is 28.7. The summed E-state index contributed by atoms with van der Waals surface area (Å²) in [4.78, 5) is 41.8. The minimum Gasteiger partial charge on any atom is -0.468 e. The van der Waals surface area contributed by atoms with Crippen molar-refractivity contribution in [2.45, 2.75) is 31.3 Å². The summed E-state index contributed by atoms with van der Waals surface area (Å²) < 4.78 is 18.4. The van der Waals surface area contributed by atoms with Gasteiger partial charge in [-0.1, -0.05) is 19.4 Å². The summed E-state index contributed by atoms with van der Waals surface area (Å²) in [5.74, 6) is -3.48. The van der Waals surface area contributed by atoms with Gasteiger partial charge in [0.05, 0.1) is 30.7 Å². The van der Waals surface area contributed by atoms with Crippen LogP contribution in [0.15, 0.2) is 41.8 Å². The number of imide groups is 1. The molecule has 2 amide bonds. The minimum absolute atomic E-state index is 0.302. The molecule has 0 aliphatic carbocycles. The van der Waals surface area contributed by atoms with E-state index >= 15 is 0 Å². The minimum atomic E-state index is -1.29. The van der Waals surface area contributed by atoms with Gasteiger partial charge in [0.15, 0.2) is 0 Å². The lowest BCUT2D eigenvalue weighted by atomic mass is 9.77. The highest BCUT2D eigenvalue weighted by Gasteiger charge is 2.68. The first-order chi connectivity index (χ1) is 13.9. The van der Waals surface area contributed by atoms with Crippen LogP contribution in [0.25, 0.3) is 0 Å². The van der Waals surface area contributed by atoms with Crippen molar-refractivity contribution in [3.05, 3.63) is 52.5 Å². The number of methoxy groups -OCH3 is 1. The molecule has 0 bridgehead atoms. The number of halogens is 1. The molecule has 1 aromatic heterocycles. The predicted octanol–water partition coefficient (Wildman–Crippen LogP) is 3.05. The van der Waals surface area contributed by atoms with Crippen LogP contribution in [0.2, 0.25) is 0 Å². The Bertz CT molecular complexity index is 946. The van der Waals surface area contributed by atoms with E-state index in [1.54, 1.807) is 0 Å². The number of thiophene rings is 1. The first-order valence-electron chi connectivity index (χ1n) is 9.47. The standard InChI is InChI=1S/C21H21FN2O4S/c1-3-10-21(20(27)28-2)16-15(17(23-21)14-5-4-11-29-14)18(25)24(19(16)26)13-8-6-12(22)7-9-13/h4-9,11,15-17,23H,3,10H2,1-2H3/t15-,16-,17+,21-/m0/s1. The van der Waals surface area contributed by atoms with Crippen molar-refractivity contribution < 1.29 is 23.5 Å². The molecule has 4 atom stereocenters. The quantitative estimate of drug-likeness (QED) is 0.599. The van der Waals surface area contributed by atoms with Crippen LogP contribution in [0.5, 0.6) is 0 Å². The molecule has 2 aromatic rings. The van der Waals surface area contributed by atoms with Crippen LogP contribution in [0, 0.1) is 17.7 Å². The third kappa shape index (κ3) is 2.89. The third-order valence-electron chi connectivity index (χ3n) is 5.78. The zero-order chi connectivity index (χ0) is 20.8. The third-order valence-corrected chi connectivity index (χ3v) is 6.74. The average Bonchev–Trinajstić information content (AvgIpc) is 3.41. The van der Waals surface area contributed by atoms with Gasteiger partial charge in [-0.15, -0.1) is 11.3 Å². The number of nitrogens with zero attached hydrogens (tertiary/aromatic N) is 1. The fourth-order valence-corrected chi connectivity index (χ4v) is 5.48. The average molecular weight is 416 g/mol.